The van der Waals surface area contributed by atoms with E-state index >= 15 is 0 Å². The van der Waals surface area contributed by atoms with Gasteiger partial charge in [-0.25, -0.2) is 9.97 Å². The number of aromatic nitrogens is 4. The van der Waals surface area contributed by atoms with Crippen molar-refractivity contribution < 1.29 is 4.79 Å². The van der Waals surface area contributed by atoms with Crippen LogP contribution in [-0.2, 0) is 0 Å². The summed E-state index contributed by atoms with van der Waals surface area (Å²) < 4.78 is 2.03. The van der Waals surface area contributed by atoms with Crippen molar-refractivity contribution in [2.75, 3.05) is 5.32 Å². The van der Waals surface area contributed by atoms with Crippen molar-refractivity contribution in [2.45, 2.75) is 13.0 Å². The van der Waals surface area contributed by atoms with Crippen molar-refractivity contribution in [3.63, 3.8) is 0 Å². The number of carbonyl (C=O) groups is 1. The first-order valence-electron chi connectivity index (χ1n) is 8.33. The van der Waals surface area contributed by atoms with E-state index in [0.717, 1.165) is 16.6 Å². The minimum Gasteiger partial charge on any atom is -0.303 e. The van der Waals surface area contributed by atoms with E-state index in [1.54, 1.807) is 0 Å². The molecule has 0 aliphatic heterocycles. The Morgan fingerprint density at radius 3 is 2.58 bits per heavy atom. The summed E-state index contributed by atoms with van der Waals surface area (Å²) in [5.41, 5.74) is 3.16. The maximum absolute atomic E-state index is 12.5. The number of imidazole rings is 1. The second kappa shape index (κ2) is 6.76. The van der Waals surface area contributed by atoms with E-state index < -0.39 is 0 Å². The molecular weight excluding hydrogens is 326 g/mol. The van der Waals surface area contributed by atoms with Gasteiger partial charge in [0.2, 0.25) is 5.95 Å². The number of fused-ring (bicyclic) bond motifs is 1. The van der Waals surface area contributed by atoms with Crippen LogP contribution in [0.4, 0.5) is 5.95 Å². The van der Waals surface area contributed by atoms with Crippen molar-refractivity contribution >= 4 is 22.9 Å². The molecule has 1 atom stereocenters. The third kappa shape index (κ3) is 2.93. The third-order valence-electron chi connectivity index (χ3n) is 4.29. The average molecular weight is 343 g/mol. The Labute approximate surface area is 150 Å². The van der Waals surface area contributed by atoms with E-state index in [1.165, 1.54) is 18.6 Å². The standard InChI is InChI=1S/C20H17N5O/c1-14(15-7-3-2-4-8-15)25-18-10-6-5-9-16(18)23-20(25)24-19(26)17-13-21-11-12-22-17/h2-14H,1H3,(H,23,24,26)/t14-/m0/s1. The Balaban J connectivity index is 1.78. The zero-order valence-electron chi connectivity index (χ0n) is 14.2. The van der Waals surface area contributed by atoms with Gasteiger partial charge in [-0.2, -0.15) is 0 Å². The second-order valence-electron chi connectivity index (χ2n) is 5.93. The molecule has 0 aliphatic rings. The minimum absolute atomic E-state index is 0.000701. The first kappa shape index (κ1) is 16.0. The minimum atomic E-state index is -0.338. The van der Waals surface area contributed by atoms with Gasteiger partial charge in [0.1, 0.15) is 5.69 Å². The highest BCUT2D eigenvalue weighted by molar-refractivity contribution is 6.02. The third-order valence-corrected chi connectivity index (χ3v) is 4.29. The van der Waals surface area contributed by atoms with Crippen LogP contribution in [0.25, 0.3) is 11.0 Å². The van der Waals surface area contributed by atoms with Crippen LogP contribution in [0.5, 0.6) is 0 Å². The van der Waals surface area contributed by atoms with Crippen LogP contribution in [0.2, 0.25) is 0 Å². The summed E-state index contributed by atoms with van der Waals surface area (Å²) in [5.74, 6) is 0.146. The van der Waals surface area contributed by atoms with Crippen LogP contribution >= 0.6 is 0 Å². The molecule has 2 heterocycles. The van der Waals surface area contributed by atoms with E-state index in [9.17, 15) is 4.79 Å². The summed E-state index contributed by atoms with van der Waals surface area (Å²) in [4.78, 5) is 25.1. The Morgan fingerprint density at radius 1 is 1.04 bits per heavy atom. The van der Waals surface area contributed by atoms with Gasteiger partial charge in [-0.05, 0) is 24.6 Å². The highest BCUT2D eigenvalue weighted by Crippen LogP contribution is 2.28. The number of para-hydroxylation sites is 2. The molecule has 0 radical (unpaired) electrons. The van der Waals surface area contributed by atoms with Crippen molar-refractivity contribution in [2.24, 2.45) is 0 Å². The molecule has 1 N–H and O–H groups in total. The van der Waals surface area contributed by atoms with Crippen molar-refractivity contribution in [3.8, 4) is 0 Å². The number of rotatable bonds is 4. The molecule has 0 saturated carbocycles. The molecule has 1 amide bonds. The number of hydrogen-bond donors (Lipinski definition) is 1. The molecule has 2 aromatic carbocycles. The summed E-state index contributed by atoms with van der Waals surface area (Å²) in [5, 5.41) is 2.88. The quantitative estimate of drug-likeness (QED) is 0.613. The molecule has 0 unspecified atom stereocenters. The average Bonchev–Trinajstić information content (AvgIpc) is 3.06. The predicted octanol–water partition coefficient (Wildman–Crippen LogP) is 3.69. The fourth-order valence-electron chi connectivity index (χ4n) is 2.99. The fourth-order valence-corrected chi connectivity index (χ4v) is 2.99. The molecule has 26 heavy (non-hydrogen) atoms. The highest BCUT2D eigenvalue weighted by atomic mass is 16.2. The highest BCUT2D eigenvalue weighted by Gasteiger charge is 2.19. The molecule has 4 aromatic rings. The van der Waals surface area contributed by atoms with Gasteiger partial charge >= 0.3 is 0 Å². The SMILES string of the molecule is C[C@@H](c1ccccc1)n1c(NC(=O)c2cnccn2)nc2ccccc21. The summed E-state index contributed by atoms with van der Waals surface area (Å²) in [6, 6.07) is 17.9. The molecule has 0 spiro atoms. The van der Waals surface area contributed by atoms with E-state index in [2.05, 4.69) is 39.3 Å². The van der Waals surface area contributed by atoms with Gasteiger partial charge < -0.3 is 4.57 Å². The van der Waals surface area contributed by atoms with Gasteiger partial charge in [-0.1, -0.05) is 42.5 Å². The van der Waals surface area contributed by atoms with Crippen LogP contribution in [0.15, 0.2) is 73.2 Å². The molecule has 4 rings (SSSR count). The van der Waals surface area contributed by atoms with E-state index in [4.69, 9.17) is 0 Å². The van der Waals surface area contributed by atoms with Gasteiger partial charge in [0, 0.05) is 12.4 Å². The first-order valence-corrected chi connectivity index (χ1v) is 8.33. The number of amides is 1. The van der Waals surface area contributed by atoms with Crippen LogP contribution < -0.4 is 5.32 Å². The van der Waals surface area contributed by atoms with Gasteiger partial charge in [0.15, 0.2) is 0 Å². The molecule has 6 nitrogen and oxygen atoms in total. The summed E-state index contributed by atoms with van der Waals surface area (Å²) in [7, 11) is 0. The molecular formula is C20H17N5O. The lowest BCUT2D eigenvalue weighted by atomic mass is 10.1. The number of nitrogens with zero attached hydrogens (tertiary/aromatic N) is 4. The molecule has 0 saturated heterocycles. The number of anilines is 1. The number of benzene rings is 2. The van der Waals surface area contributed by atoms with Crippen molar-refractivity contribution in [1.82, 2.24) is 19.5 Å². The summed E-state index contributed by atoms with van der Waals surface area (Å²) in [6.45, 7) is 2.08. The molecule has 0 aliphatic carbocycles. The Bertz CT molecular complexity index is 1040. The van der Waals surface area contributed by atoms with Gasteiger partial charge in [0.25, 0.3) is 5.91 Å². The van der Waals surface area contributed by atoms with Gasteiger partial charge in [-0.15, -0.1) is 0 Å². The maximum atomic E-state index is 12.5. The predicted molar refractivity (Wildman–Crippen MR) is 100.0 cm³/mol. The lowest BCUT2D eigenvalue weighted by molar-refractivity contribution is 0.102. The zero-order valence-corrected chi connectivity index (χ0v) is 14.2. The van der Waals surface area contributed by atoms with E-state index in [0.29, 0.717) is 5.95 Å². The Morgan fingerprint density at radius 2 is 1.81 bits per heavy atom. The monoisotopic (exact) mass is 343 g/mol. The molecule has 0 fully saturated rings. The molecule has 2 aromatic heterocycles. The summed E-state index contributed by atoms with van der Waals surface area (Å²) in [6.07, 6.45) is 4.46. The lowest BCUT2D eigenvalue weighted by Crippen LogP contribution is -2.19. The summed E-state index contributed by atoms with van der Waals surface area (Å²) >= 11 is 0. The molecule has 128 valence electrons. The van der Waals surface area contributed by atoms with Crippen molar-refractivity contribution in [1.29, 1.82) is 0 Å². The van der Waals surface area contributed by atoms with Gasteiger partial charge in [0.05, 0.1) is 23.3 Å². The largest absolute Gasteiger partial charge is 0.303 e. The number of carbonyl (C=O) groups excluding carboxylic acids is 1. The molecule has 0 bridgehead atoms. The Kier molecular flexibility index (Phi) is 4.15. The van der Waals surface area contributed by atoms with Crippen LogP contribution in [0.1, 0.15) is 29.0 Å². The van der Waals surface area contributed by atoms with Crippen LogP contribution in [0, 0.1) is 0 Å². The van der Waals surface area contributed by atoms with Crippen LogP contribution in [0.3, 0.4) is 0 Å². The lowest BCUT2D eigenvalue weighted by Gasteiger charge is -2.18. The zero-order chi connectivity index (χ0) is 17.9. The molecule has 6 heteroatoms. The first-order chi connectivity index (χ1) is 12.7. The van der Waals surface area contributed by atoms with E-state index in [1.807, 2.05) is 47.0 Å². The van der Waals surface area contributed by atoms with Crippen molar-refractivity contribution in [3.05, 3.63) is 84.4 Å². The Hall–Kier alpha value is -3.54. The van der Waals surface area contributed by atoms with Crippen LogP contribution in [-0.4, -0.2) is 25.4 Å². The van der Waals surface area contributed by atoms with E-state index in [-0.39, 0.29) is 17.6 Å². The smallest absolute Gasteiger partial charge is 0.278 e. The topological polar surface area (TPSA) is 72.7 Å². The fraction of sp³-hybridized carbons (Fsp3) is 0.100. The maximum Gasteiger partial charge on any atom is 0.278 e. The number of nitrogens with one attached hydrogen (secondary N) is 1. The number of hydrogen-bond acceptors (Lipinski definition) is 4. The second-order valence-corrected chi connectivity index (χ2v) is 5.93. The van der Waals surface area contributed by atoms with Gasteiger partial charge in [-0.3, -0.25) is 15.1 Å². The normalized spacial score (nSPS) is 12.0.